The molecule has 0 spiro atoms. The number of amides is 1. The van der Waals surface area contributed by atoms with Crippen LogP contribution in [-0.4, -0.2) is 57.6 Å². The molecule has 0 atom stereocenters. The van der Waals surface area contributed by atoms with E-state index in [1.807, 2.05) is 37.2 Å². The van der Waals surface area contributed by atoms with Crippen molar-refractivity contribution < 1.29 is 13.2 Å². The van der Waals surface area contributed by atoms with Gasteiger partial charge in [-0.3, -0.25) is 9.69 Å². The molecule has 0 N–H and O–H groups in total. The lowest BCUT2D eigenvalue weighted by Gasteiger charge is -2.22. The van der Waals surface area contributed by atoms with Gasteiger partial charge in [0, 0.05) is 29.4 Å². The molecule has 0 aliphatic heterocycles. The summed E-state index contributed by atoms with van der Waals surface area (Å²) in [5.74, 6) is -0.172. The fourth-order valence-corrected chi connectivity index (χ4v) is 4.84. The Morgan fingerprint density at radius 2 is 1.76 bits per heavy atom. The summed E-state index contributed by atoms with van der Waals surface area (Å²) in [6.45, 7) is 1.09. The molecule has 1 amide bonds. The van der Waals surface area contributed by atoms with Gasteiger partial charge in [0.25, 0.3) is 5.91 Å². The predicted molar refractivity (Wildman–Crippen MR) is 124 cm³/mol. The monoisotopic (exact) mass is 517 g/mol. The number of anilines is 1. The number of aromatic nitrogens is 1. The number of sulfone groups is 1. The third-order valence-electron chi connectivity index (χ3n) is 4.11. The number of carbonyl (C=O) groups is 1. The van der Waals surface area contributed by atoms with Crippen molar-refractivity contribution in [3.8, 4) is 0 Å². The molecule has 0 aliphatic rings. The Morgan fingerprint density at radius 3 is 2.34 bits per heavy atom. The van der Waals surface area contributed by atoms with Crippen LogP contribution in [0.4, 0.5) is 5.13 Å². The molecule has 0 aliphatic carbocycles. The molecule has 3 rings (SSSR count). The van der Waals surface area contributed by atoms with E-state index < -0.39 is 9.84 Å². The van der Waals surface area contributed by atoms with Crippen molar-refractivity contribution in [2.24, 2.45) is 0 Å². The highest BCUT2D eigenvalue weighted by Gasteiger charge is 2.23. The van der Waals surface area contributed by atoms with Crippen LogP contribution < -0.4 is 4.90 Å². The second kappa shape index (κ2) is 9.53. The Labute approximate surface area is 189 Å². The number of benzene rings is 2. The normalized spacial score (nSPS) is 11.5. The molecular formula is C19H21BrClN3O3S2. The number of fused-ring (bicyclic) bond motifs is 1. The standard InChI is InChI=1S/C19H20BrN3O3S2.ClH/c1-22(2)11-12-23(18(24)13-7-9-14(20)10-8-13)19-21-17-15(27-19)5-4-6-16(17)28(3,25)26;/h4-10H,11-12H2,1-3H3;1H. The number of likely N-dealkylation sites (N-methyl/N-ethyl adjacent to an activating group) is 1. The van der Waals surface area contributed by atoms with Gasteiger partial charge in [0.1, 0.15) is 5.52 Å². The average Bonchev–Trinajstić information content (AvgIpc) is 3.04. The first-order chi connectivity index (χ1) is 13.2. The third kappa shape index (κ3) is 5.55. The Bertz CT molecular complexity index is 1120. The zero-order valence-corrected chi connectivity index (χ0v) is 20.2. The molecule has 156 valence electrons. The highest BCUT2D eigenvalue weighted by Crippen LogP contribution is 2.33. The van der Waals surface area contributed by atoms with Gasteiger partial charge in [-0.2, -0.15) is 0 Å². The zero-order valence-electron chi connectivity index (χ0n) is 16.1. The first-order valence-corrected chi connectivity index (χ1v) is 12.0. The van der Waals surface area contributed by atoms with Gasteiger partial charge in [-0.25, -0.2) is 13.4 Å². The minimum absolute atomic E-state index is 0. The second-order valence-electron chi connectivity index (χ2n) is 6.64. The maximum atomic E-state index is 13.2. The fourth-order valence-electron chi connectivity index (χ4n) is 2.66. The van der Waals surface area contributed by atoms with Crippen LogP contribution in [0, 0.1) is 0 Å². The van der Waals surface area contributed by atoms with E-state index in [4.69, 9.17) is 0 Å². The highest BCUT2D eigenvalue weighted by molar-refractivity contribution is 9.10. The summed E-state index contributed by atoms with van der Waals surface area (Å²) in [6, 6.07) is 12.2. The molecule has 1 heterocycles. The van der Waals surface area contributed by atoms with Crippen LogP contribution in [0.15, 0.2) is 51.8 Å². The van der Waals surface area contributed by atoms with Gasteiger partial charge in [-0.15, -0.1) is 12.4 Å². The van der Waals surface area contributed by atoms with E-state index in [-0.39, 0.29) is 23.2 Å². The molecule has 10 heteroatoms. The molecule has 3 aromatic rings. The van der Waals surface area contributed by atoms with Gasteiger partial charge in [0.05, 0.1) is 9.60 Å². The van der Waals surface area contributed by atoms with E-state index in [0.717, 1.165) is 15.4 Å². The van der Waals surface area contributed by atoms with Crippen molar-refractivity contribution in [2.75, 3.05) is 38.3 Å². The van der Waals surface area contributed by atoms with E-state index in [0.29, 0.717) is 29.3 Å². The van der Waals surface area contributed by atoms with Crippen molar-refractivity contribution in [3.05, 3.63) is 52.5 Å². The first-order valence-electron chi connectivity index (χ1n) is 8.48. The van der Waals surface area contributed by atoms with Crippen LogP contribution in [0.3, 0.4) is 0 Å². The molecule has 2 aromatic carbocycles. The highest BCUT2D eigenvalue weighted by atomic mass is 79.9. The van der Waals surface area contributed by atoms with Gasteiger partial charge < -0.3 is 4.90 Å². The topological polar surface area (TPSA) is 70.6 Å². The summed E-state index contributed by atoms with van der Waals surface area (Å²) in [5, 5.41) is 0.487. The van der Waals surface area contributed by atoms with Crippen LogP contribution in [0.1, 0.15) is 10.4 Å². The average molecular weight is 519 g/mol. The molecule has 1 aromatic heterocycles. The number of rotatable bonds is 6. The van der Waals surface area contributed by atoms with E-state index in [1.165, 1.54) is 11.3 Å². The lowest BCUT2D eigenvalue weighted by atomic mass is 10.2. The number of hydrogen-bond donors (Lipinski definition) is 0. The van der Waals surface area contributed by atoms with Crippen LogP contribution in [0.2, 0.25) is 0 Å². The number of halogens is 2. The summed E-state index contributed by atoms with van der Waals surface area (Å²) in [4.78, 5) is 21.5. The van der Waals surface area contributed by atoms with E-state index >= 15 is 0 Å². The number of thiazole rings is 1. The van der Waals surface area contributed by atoms with Crippen molar-refractivity contribution in [2.45, 2.75) is 4.90 Å². The second-order valence-corrected chi connectivity index (χ2v) is 10.5. The summed E-state index contributed by atoms with van der Waals surface area (Å²) < 4.78 is 25.8. The molecule has 0 unspecified atom stereocenters. The molecule has 0 bridgehead atoms. The largest absolute Gasteiger partial charge is 0.308 e. The predicted octanol–water partition coefficient (Wildman–Crippen LogP) is 4.09. The Kier molecular flexibility index (Phi) is 7.80. The molecule has 29 heavy (non-hydrogen) atoms. The zero-order chi connectivity index (χ0) is 20.5. The number of para-hydroxylation sites is 1. The van der Waals surface area contributed by atoms with Crippen LogP contribution in [0.5, 0.6) is 0 Å². The van der Waals surface area contributed by atoms with E-state index in [2.05, 4.69) is 20.9 Å². The van der Waals surface area contributed by atoms with Gasteiger partial charge >= 0.3 is 0 Å². The number of hydrogen-bond acceptors (Lipinski definition) is 6. The van der Waals surface area contributed by atoms with E-state index in [9.17, 15) is 13.2 Å². The smallest absolute Gasteiger partial charge is 0.260 e. The SMILES string of the molecule is CN(C)CCN(C(=O)c1ccc(Br)cc1)c1nc2c(S(C)(=O)=O)cccc2s1.Cl. The minimum atomic E-state index is -3.42. The third-order valence-corrected chi connectivity index (χ3v) is 6.81. The van der Waals surface area contributed by atoms with Crippen LogP contribution in [-0.2, 0) is 9.84 Å². The molecule has 0 saturated carbocycles. The molecule has 6 nitrogen and oxygen atoms in total. The molecule has 0 radical (unpaired) electrons. The maximum Gasteiger partial charge on any atom is 0.260 e. The van der Waals surface area contributed by atoms with Crippen LogP contribution in [0.25, 0.3) is 10.2 Å². The first kappa shape index (κ1) is 23.8. The lowest BCUT2D eigenvalue weighted by Crippen LogP contribution is -2.36. The van der Waals surface area contributed by atoms with Crippen molar-refractivity contribution in [1.82, 2.24) is 9.88 Å². The Hall–Kier alpha value is -1.52. The van der Waals surface area contributed by atoms with E-state index in [1.54, 1.807) is 29.2 Å². The number of nitrogens with zero attached hydrogens (tertiary/aromatic N) is 3. The van der Waals surface area contributed by atoms with Gasteiger partial charge in [0.2, 0.25) is 0 Å². The van der Waals surface area contributed by atoms with Crippen LogP contribution >= 0.6 is 39.7 Å². The number of carbonyl (C=O) groups excluding carboxylic acids is 1. The van der Waals surface area contributed by atoms with Crippen molar-refractivity contribution in [3.63, 3.8) is 0 Å². The summed E-state index contributed by atoms with van der Waals surface area (Å²) in [6.07, 6.45) is 1.16. The molecule has 0 fully saturated rings. The molecular weight excluding hydrogens is 498 g/mol. The van der Waals surface area contributed by atoms with Gasteiger partial charge in [-0.05, 0) is 50.5 Å². The fraction of sp³-hybridized carbons (Fsp3) is 0.263. The summed E-state index contributed by atoms with van der Waals surface area (Å²) >= 11 is 4.69. The lowest BCUT2D eigenvalue weighted by molar-refractivity contribution is 0.0985. The quantitative estimate of drug-likeness (QED) is 0.491. The van der Waals surface area contributed by atoms with Crippen molar-refractivity contribution in [1.29, 1.82) is 0 Å². The summed E-state index contributed by atoms with van der Waals surface area (Å²) in [5.41, 5.74) is 0.952. The maximum absolute atomic E-state index is 13.2. The van der Waals surface area contributed by atoms with Gasteiger partial charge in [0.15, 0.2) is 15.0 Å². The van der Waals surface area contributed by atoms with Gasteiger partial charge in [-0.1, -0.05) is 33.3 Å². The Balaban J connectivity index is 0.00000300. The van der Waals surface area contributed by atoms with Crippen molar-refractivity contribution >= 4 is 70.8 Å². The molecule has 0 saturated heterocycles. The summed E-state index contributed by atoms with van der Waals surface area (Å²) in [7, 11) is 0.448. The Morgan fingerprint density at radius 1 is 1.10 bits per heavy atom. The minimum Gasteiger partial charge on any atom is -0.308 e.